The molecule has 0 aromatic carbocycles. The fourth-order valence-corrected chi connectivity index (χ4v) is 3.95. The zero-order chi connectivity index (χ0) is 17.9. The van der Waals surface area contributed by atoms with Crippen LogP contribution in [0, 0.1) is 25.7 Å². The molecule has 2 N–H and O–H groups in total. The number of aryl methyl sites for hydroxylation is 1. The maximum Gasteiger partial charge on any atom is 0.233 e. The maximum atomic E-state index is 12.4. The van der Waals surface area contributed by atoms with Crippen LogP contribution in [0.3, 0.4) is 0 Å². The second-order valence-corrected chi connectivity index (χ2v) is 7.86. The summed E-state index contributed by atoms with van der Waals surface area (Å²) in [4.78, 5) is 30.1. The highest BCUT2D eigenvalue weighted by Gasteiger charge is 2.26. The minimum Gasteiger partial charge on any atom is -0.369 e. The lowest BCUT2D eigenvalue weighted by atomic mass is 9.96. The van der Waals surface area contributed by atoms with Gasteiger partial charge in [-0.25, -0.2) is 4.98 Å². The average molecular weight is 353 g/mol. The van der Waals surface area contributed by atoms with E-state index in [1.165, 1.54) is 17.5 Å². The average Bonchev–Trinajstić information content (AvgIpc) is 2.80. The van der Waals surface area contributed by atoms with Gasteiger partial charge in [-0.3, -0.25) is 9.59 Å². The lowest BCUT2D eigenvalue weighted by Crippen LogP contribution is -2.42. The minimum absolute atomic E-state index is 0.0862. The molecule has 0 radical (unpaired) electrons. The molecular formula is C17H28N4O2S. The Balaban J connectivity index is 1.93. The normalized spacial score (nSPS) is 16.0. The summed E-state index contributed by atoms with van der Waals surface area (Å²) in [6.45, 7) is 10.6. The highest BCUT2D eigenvalue weighted by Crippen LogP contribution is 2.24. The first-order chi connectivity index (χ1) is 11.3. The third kappa shape index (κ3) is 4.53. The van der Waals surface area contributed by atoms with Crippen molar-refractivity contribution in [2.24, 2.45) is 17.6 Å². The number of nitrogens with zero attached hydrogens (tertiary/aromatic N) is 3. The number of rotatable bonds is 6. The number of amides is 2. The van der Waals surface area contributed by atoms with Crippen LogP contribution in [0.15, 0.2) is 5.16 Å². The largest absolute Gasteiger partial charge is 0.369 e. The van der Waals surface area contributed by atoms with Gasteiger partial charge in [0.2, 0.25) is 11.8 Å². The van der Waals surface area contributed by atoms with Gasteiger partial charge in [-0.1, -0.05) is 25.6 Å². The van der Waals surface area contributed by atoms with Crippen LogP contribution in [0.1, 0.15) is 38.1 Å². The Bertz CT molecular complexity index is 604. The molecule has 1 fully saturated rings. The van der Waals surface area contributed by atoms with Crippen LogP contribution in [0.4, 0.5) is 0 Å². The van der Waals surface area contributed by atoms with Crippen molar-refractivity contribution in [3.8, 4) is 0 Å². The first-order valence-electron chi connectivity index (χ1n) is 8.53. The minimum atomic E-state index is -0.252. The summed E-state index contributed by atoms with van der Waals surface area (Å²) >= 11 is 1.50. The van der Waals surface area contributed by atoms with E-state index in [1.54, 1.807) is 0 Å². The third-order valence-electron chi connectivity index (χ3n) is 4.55. The molecule has 1 aliphatic rings. The van der Waals surface area contributed by atoms with Crippen molar-refractivity contribution >= 4 is 23.6 Å². The molecule has 24 heavy (non-hydrogen) atoms. The predicted octanol–water partition coefficient (Wildman–Crippen LogP) is 1.97. The Hall–Kier alpha value is -1.50. The van der Waals surface area contributed by atoms with Gasteiger partial charge in [0.25, 0.3) is 0 Å². The van der Waals surface area contributed by atoms with Crippen LogP contribution >= 0.6 is 11.8 Å². The van der Waals surface area contributed by atoms with Crippen LogP contribution in [0.5, 0.6) is 0 Å². The van der Waals surface area contributed by atoms with Crippen molar-refractivity contribution in [1.82, 2.24) is 14.5 Å². The van der Waals surface area contributed by atoms with Gasteiger partial charge in [0, 0.05) is 31.2 Å². The van der Waals surface area contributed by atoms with Crippen molar-refractivity contribution in [3.63, 3.8) is 0 Å². The number of carbonyl (C=O) groups excluding carboxylic acids is 2. The molecule has 1 saturated heterocycles. The highest BCUT2D eigenvalue weighted by molar-refractivity contribution is 7.99. The molecule has 2 heterocycles. The summed E-state index contributed by atoms with van der Waals surface area (Å²) < 4.78 is 2.21. The lowest BCUT2D eigenvalue weighted by Gasteiger charge is -2.30. The Morgan fingerprint density at radius 2 is 1.92 bits per heavy atom. The van der Waals surface area contributed by atoms with Crippen LogP contribution in [-0.4, -0.2) is 45.1 Å². The molecule has 0 aliphatic carbocycles. The zero-order valence-electron chi connectivity index (χ0n) is 15.0. The molecule has 7 heteroatoms. The predicted molar refractivity (Wildman–Crippen MR) is 95.8 cm³/mol. The van der Waals surface area contributed by atoms with E-state index in [0.29, 0.717) is 37.6 Å². The topological polar surface area (TPSA) is 81.2 Å². The van der Waals surface area contributed by atoms with Gasteiger partial charge in [0.1, 0.15) is 0 Å². The Morgan fingerprint density at radius 3 is 2.46 bits per heavy atom. The van der Waals surface area contributed by atoms with E-state index in [4.69, 9.17) is 5.73 Å². The Labute approximate surface area is 148 Å². The molecule has 2 amide bonds. The standard InChI is InChI=1S/C17H28N4O2S/c1-11(2)9-21-13(4)12(3)19-17(21)24-10-15(22)20-7-5-14(6-8-20)16(18)23/h11,14H,5-10H2,1-4H3,(H2,18,23). The Morgan fingerprint density at radius 1 is 1.29 bits per heavy atom. The summed E-state index contributed by atoms with van der Waals surface area (Å²) in [6.07, 6.45) is 1.35. The van der Waals surface area contributed by atoms with E-state index in [1.807, 2.05) is 11.8 Å². The van der Waals surface area contributed by atoms with E-state index in [9.17, 15) is 9.59 Å². The summed E-state index contributed by atoms with van der Waals surface area (Å²) in [5.41, 5.74) is 7.53. The van der Waals surface area contributed by atoms with E-state index >= 15 is 0 Å². The second-order valence-electron chi connectivity index (χ2n) is 6.92. The van der Waals surface area contributed by atoms with Gasteiger partial charge in [0.05, 0.1) is 11.4 Å². The van der Waals surface area contributed by atoms with Gasteiger partial charge in [-0.2, -0.15) is 0 Å². The monoisotopic (exact) mass is 352 g/mol. The summed E-state index contributed by atoms with van der Waals surface area (Å²) in [5, 5.41) is 0.916. The lowest BCUT2D eigenvalue weighted by molar-refractivity contribution is -0.132. The summed E-state index contributed by atoms with van der Waals surface area (Å²) in [6, 6.07) is 0. The number of thioether (sulfide) groups is 1. The molecule has 6 nitrogen and oxygen atoms in total. The van der Waals surface area contributed by atoms with Crippen molar-refractivity contribution in [2.75, 3.05) is 18.8 Å². The molecule has 1 aromatic heterocycles. The van der Waals surface area contributed by atoms with E-state index < -0.39 is 0 Å². The van der Waals surface area contributed by atoms with Gasteiger partial charge in [-0.05, 0) is 32.6 Å². The van der Waals surface area contributed by atoms with Crippen molar-refractivity contribution in [1.29, 1.82) is 0 Å². The number of aromatic nitrogens is 2. The summed E-state index contributed by atoms with van der Waals surface area (Å²) in [5.74, 6) is 0.683. The van der Waals surface area contributed by atoms with E-state index in [2.05, 4.69) is 30.3 Å². The molecule has 0 unspecified atom stereocenters. The second kappa shape index (κ2) is 8.05. The third-order valence-corrected chi connectivity index (χ3v) is 5.51. The van der Waals surface area contributed by atoms with Gasteiger partial charge in [0.15, 0.2) is 5.16 Å². The fraction of sp³-hybridized carbons (Fsp3) is 0.706. The van der Waals surface area contributed by atoms with Crippen LogP contribution in [0.25, 0.3) is 0 Å². The number of primary amides is 1. The number of nitrogens with two attached hydrogens (primary N) is 1. The fourth-order valence-electron chi connectivity index (χ4n) is 2.94. The molecule has 0 spiro atoms. The maximum absolute atomic E-state index is 12.4. The van der Waals surface area contributed by atoms with Crippen LogP contribution in [-0.2, 0) is 16.1 Å². The molecule has 1 aliphatic heterocycles. The smallest absolute Gasteiger partial charge is 0.233 e. The summed E-state index contributed by atoms with van der Waals surface area (Å²) in [7, 11) is 0. The zero-order valence-corrected chi connectivity index (χ0v) is 15.9. The molecule has 0 atom stereocenters. The number of carbonyl (C=O) groups is 2. The SMILES string of the molecule is Cc1nc(SCC(=O)N2CCC(C(N)=O)CC2)n(CC(C)C)c1C. The molecule has 1 aromatic rings. The number of likely N-dealkylation sites (tertiary alicyclic amines) is 1. The van der Waals surface area contributed by atoms with Crippen LogP contribution < -0.4 is 5.73 Å². The molecule has 134 valence electrons. The molecule has 0 saturated carbocycles. The number of hydrogen-bond donors (Lipinski definition) is 1. The first kappa shape index (κ1) is 18.8. The number of piperidine rings is 1. The highest BCUT2D eigenvalue weighted by atomic mass is 32.2. The van der Waals surface area contributed by atoms with E-state index in [0.717, 1.165) is 17.4 Å². The first-order valence-corrected chi connectivity index (χ1v) is 9.51. The van der Waals surface area contributed by atoms with Crippen molar-refractivity contribution in [3.05, 3.63) is 11.4 Å². The molecule has 0 bridgehead atoms. The number of hydrogen-bond acceptors (Lipinski definition) is 4. The van der Waals surface area contributed by atoms with Crippen molar-refractivity contribution < 1.29 is 9.59 Å². The molecular weight excluding hydrogens is 324 g/mol. The van der Waals surface area contributed by atoms with Gasteiger partial charge >= 0.3 is 0 Å². The van der Waals surface area contributed by atoms with Gasteiger partial charge in [-0.15, -0.1) is 0 Å². The quantitative estimate of drug-likeness (QED) is 0.794. The Kier molecular flexibility index (Phi) is 6.32. The molecule has 2 rings (SSSR count). The van der Waals surface area contributed by atoms with E-state index in [-0.39, 0.29) is 17.7 Å². The van der Waals surface area contributed by atoms with Crippen molar-refractivity contribution in [2.45, 2.75) is 52.2 Å². The number of imidazole rings is 1. The van der Waals surface area contributed by atoms with Crippen LogP contribution in [0.2, 0.25) is 0 Å². The van der Waals surface area contributed by atoms with Gasteiger partial charge < -0.3 is 15.2 Å².